The molecule has 0 radical (unpaired) electrons. The fraction of sp³-hybridized carbons (Fsp3) is 0.238. The number of halogens is 1. The van der Waals surface area contributed by atoms with Crippen molar-refractivity contribution in [1.29, 1.82) is 0 Å². The van der Waals surface area contributed by atoms with Crippen molar-refractivity contribution in [1.82, 2.24) is 14.8 Å². The van der Waals surface area contributed by atoms with Gasteiger partial charge in [-0.1, -0.05) is 65.9 Å². The summed E-state index contributed by atoms with van der Waals surface area (Å²) < 4.78 is 0.733. The van der Waals surface area contributed by atoms with E-state index in [-0.39, 0.29) is 5.56 Å². The highest BCUT2D eigenvalue weighted by molar-refractivity contribution is 8.23. The summed E-state index contributed by atoms with van der Waals surface area (Å²) in [6.45, 7) is 3.69. The zero-order chi connectivity index (χ0) is 19.7. The maximum atomic E-state index is 13.0. The lowest BCUT2D eigenvalue weighted by Gasteiger charge is -2.33. The van der Waals surface area contributed by atoms with Crippen molar-refractivity contribution >= 4 is 50.8 Å². The molecule has 1 N–H and O–H groups in total. The number of pyridine rings is 1. The molecule has 2 aromatic carbocycles. The molecule has 4 rings (SSSR count). The Morgan fingerprint density at radius 3 is 2.54 bits per heavy atom. The lowest BCUT2D eigenvalue weighted by Crippen LogP contribution is -2.45. The van der Waals surface area contributed by atoms with Crippen LogP contribution in [0.25, 0.3) is 22.0 Å². The van der Waals surface area contributed by atoms with Gasteiger partial charge in [-0.3, -0.25) is 4.79 Å². The molecular formula is C21H20ClN3OS2. The number of aromatic nitrogens is 1. The molecule has 0 amide bonds. The van der Waals surface area contributed by atoms with Gasteiger partial charge >= 0.3 is 0 Å². The van der Waals surface area contributed by atoms with Gasteiger partial charge in [-0.25, -0.2) is 0 Å². The number of hydrogen-bond donors (Lipinski definition) is 1. The maximum Gasteiger partial charge on any atom is 0.263 e. The smallest absolute Gasteiger partial charge is 0.263 e. The molecule has 0 aliphatic carbocycles. The number of rotatable bonds is 2. The zero-order valence-corrected chi connectivity index (χ0v) is 17.8. The van der Waals surface area contributed by atoms with Crippen LogP contribution in [0, 0.1) is 0 Å². The van der Waals surface area contributed by atoms with Crippen molar-refractivity contribution in [2.75, 3.05) is 33.2 Å². The van der Waals surface area contributed by atoms with E-state index in [9.17, 15) is 4.79 Å². The van der Waals surface area contributed by atoms with Crippen molar-refractivity contribution in [2.45, 2.75) is 4.90 Å². The number of nitrogens with one attached hydrogen (secondary N) is 1. The van der Waals surface area contributed by atoms with Gasteiger partial charge in [-0.15, -0.1) is 0 Å². The molecule has 1 aromatic heterocycles. The molecule has 4 nitrogen and oxygen atoms in total. The number of aromatic amines is 1. The van der Waals surface area contributed by atoms with Crippen LogP contribution in [-0.4, -0.2) is 52.3 Å². The van der Waals surface area contributed by atoms with Gasteiger partial charge in [0.05, 0.1) is 4.90 Å². The molecule has 1 fully saturated rings. The molecule has 0 bridgehead atoms. The number of hydrogen-bond acceptors (Lipinski definition) is 4. The van der Waals surface area contributed by atoms with Crippen molar-refractivity contribution in [2.24, 2.45) is 0 Å². The Morgan fingerprint density at radius 2 is 1.82 bits per heavy atom. The largest absolute Gasteiger partial charge is 0.355 e. The fourth-order valence-electron chi connectivity index (χ4n) is 3.38. The van der Waals surface area contributed by atoms with Crippen LogP contribution in [0.1, 0.15) is 0 Å². The number of nitrogens with zero attached hydrogens (tertiary/aromatic N) is 2. The number of thioether (sulfide) groups is 1. The Labute approximate surface area is 178 Å². The standard InChI is InChI=1S/C21H20ClN3OS2/c1-24-9-11-25(12-10-24)21(27)28-19-18(14-5-3-2-4-6-14)16-13-15(22)7-8-17(16)23-20(19)26/h2-8,13H,9-12H2,1H3,(H,23,26). The molecule has 0 saturated carbocycles. The first-order valence-corrected chi connectivity index (χ1v) is 10.7. The van der Waals surface area contributed by atoms with Crippen LogP contribution < -0.4 is 5.56 Å². The van der Waals surface area contributed by atoms with E-state index >= 15 is 0 Å². The first kappa shape index (κ1) is 19.5. The van der Waals surface area contributed by atoms with Crippen LogP contribution in [0.4, 0.5) is 0 Å². The van der Waals surface area contributed by atoms with Gasteiger partial charge in [0.15, 0.2) is 0 Å². The third-order valence-corrected chi connectivity index (χ3v) is 6.72. The molecule has 2 heterocycles. The number of benzene rings is 2. The lowest BCUT2D eigenvalue weighted by atomic mass is 10.0. The van der Waals surface area contributed by atoms with Gasteiger partial charge in [-0.05, 0) is 30.8 Å². The minimum absolute atomic E-state index is 0.129. The summed E-state index contributed by atoms with van der Waals surface area (Å²) >= 11 is 13.3. The first-order valence-electron chi connectivity index (χ1n) is 9.09. The van der Waals surface area contributed by atoms with E-state index in [1.54, 1.807) is 6.07 Å². The lowest BCUT2D eigenvalue weighted by molar-refractivity contribution is 0.220. The highest BCUT2D eigenvalue weighted by atomic mass is 35.5. The van der Waals surface area contributed by atoms with Gasteiger partial charge in [0.2, 0.25) is 0 Å². The SMILES string of the molecule is CN1CCN(C(=S)Sc2c(-c3ccccc3)c3cc(Cl)ccc3[nH]c2=O)CC1. The van der Waals surface area contributed by atoms with Gasteiger partial charge in [0.1, 0.15) is 4.32 Å². The molecule has 28 heavy (non-hydrogen) atoms. The monoisotopic (exact) mass is 429 g/mol. The summed E-state index contributed by atoms with van der Waals surface area (Å²) in [7, 11) is 2.11. The fourth-order valence-corrected chi connectivity index (χ4v) is 4.94. The quantitative estimate of drug-likeness (QED) is 0.480. The summed E-state index contributed by atoms with van der Waals surface area (Å²) in [6.07, 6.45) is 0. The van der Waals surface area contributed by atoms with Crippen LogP contribution in [0.3, 0.4) is 0 Å². The molecule has 0 unspecified atom stereocenters. The van der Waals surface area contributed by atoms with Gasteiger partial charge in [0.25, 0.3) is 5.56 Å². The highest BCUT2D eigenvalue weighted by Gasteiger charge is 2.21. The number of piperazine rings is 1. The van der Waals surface area contributed by atoms with E-state index in [4.69, 9.17) is 23.8 Å². The first-order chi connectivity index (χ1) is 13.5. The van der Waals surface area contributed by atoms with E-state index in [0.29, 0.717) is 9.92 Å². The van der Waals surface area contributed by atoms with Crippen LogP contribution in [-0.2, 0) is 0 Å². The number of likely N-dealkylation sites (N-methyl/N-ethyl adjacent to an activating group) is 1. The van der Waals surface area contributed by atoms with Crippen LogP contribution in [0.2, 0.25) is 5.02 Å². The summed E-state index contributed by atoms with van der Waals surface area (Å²) in [4.78, 5) is 21.1. The van der Waals surface area contributed by atoms with E-state index in [2.05, 4.69) is 21.8 Å². The Balaban J connectivity index is 1.82. The third kappa shape index (κ3) is 3.96. The van der Waals surface area contributed by atoms with Crippen LogP contribution >= 0.6 is 35.6 Å². The van der Waals surface area contributed by atoms with Crippen molar-refractivity contribution < 1.29 is 0 Å². The average molecular weight is 430 g/mol. The van der Waals surface area contributed by atoms with E-state index in [0.717, 1.165) is 52.5 Å². The molecule has 3 aromatic rings. The molecule has 1 saturated heterocycles. The average Bonchev–Trinajstić information content (AvgIpc) is 2.70. The minimum atomic E-state index is -0.129. The molecule has 0 spiro atoms. The summed E-state index contributed by atoms with van der Waals surface area (Å²) in [5.74, 6) is 0. The summed E-state index contributed by atoms with van der Waals surface area (Å²) in [5, 5.41) is 1.55. The second-order valence-electron chi connectivity index (χ2n) is 6.87. The molecular weight excluding hydrogens is 410 g/mol. The highest BCUT2D eigenvalue weighted by Crippen LogP contribution is 2.36. The molecule has 7 heteroatoms. The van der Waals surface area contributed by atoms with E-state index < -0.39 is 0 Å². The Bertz CT molecular complexity index is 1080. The second kappa shape index (κ2) is 8.25. The summed E-state index contributed by atoms with van der Waals surface area (Å²) in [6, 6.07) is 15.5. The Morgan fingerprint density at radius 1 is 1.11 bits per heavy atom. The van der Waals surface area contributed by atoms with Gasteiger partial charge in [-0.2, -0.15) is 0 Å². The van der Waals surface area contributed by atoms with E-state index in [1.165, 1.54) is 11.8 Å². The molecule has 1 aliphatic rings. The number of fused-ring (bicyclic) bond motifs is 1. The van der Waals surface area contributed by atoms with E-state index in [1.807, 2.05) is 42.5 Å². The minimum Gasteiger partial charge on any atom is -0.355 e. The second-order valence-corrected chi connectivity index (χ2v) is 8.95. The molecule has 144 valence electrons. The maximum absolute atomic E-state index is 13.0. The van der Waals surface area contributed by atoms with Gasteiger partial charge in [0, 0.05) is 47.7 Å². The van der Waals surface area contributed by atoms with Crippen LogP contribution in [0.5, 0.6) is 0 Å². The number of H-pyrrole nitrogens is 1. The molecule has 0 atom stereocenters. The Hall–Kier alpha value is -1.86. The van der Waals surface area contributed by atoms with Crippen molar-refractivity contribution in [3.63, 3.8) is 0 Å². The Kier molecular flexibility index (Phi) is 5.73. The van der Waals surface area contributed by atoms with Crippen LogP contribution in [0.15, 0.2) is 58.2 Å². The predicted molar refractivity (Wildman–Crippen MR) is 123 cm³/mol. The summed E-state index contributed by atoms with van der Waals surface area (Å²) in [5.41, 5.74) is 2.49. The normalized spacial score (nSPS) is 15.1. The van der Waals surface area contributed by atoms with Gasteiger partial charge < -0.3 is 14.8 Å². The zero-order valence-electron chi connectivity index (χ0n) is 15.4. The molecule has 1 aliphatic heterocycles. The van der Waals surface area contributed by atoms with Crippen molar-refractivity contribution in [3.8, 4) is 11.1 Å². The topological polar surface area (TPSA) is 39.3 Å². The van der Waals surface area contributed by atoms with Crippen molar-refractivity contribution in [3.05, 3.63) is 63.9 Å². The number of thiocarbonyl (C=S) groups is 1. The predicted octanol–water partition coefficient (Wildman–Crippen LogP) is 4.47. The third-order valence-electron chi connectivity index (χ3n) is 4.95.